The van der Waals surface area contributed by atoms with Crippen LogP contribution in [0.2, 0.25) is 0 Å². The van der Waals surface area contributed by atoms with E-state index in [9.17, 15) is 5.11 Å². The second-order valence-corrected chi connectivity index (χ2v) is 4.45. The molecule has 0 saturated heterocycles. The molecule has 0 bridgehead atoms. The van der Waals surface area contributed by atoms with E-state index in [0.717, 1.165) is 25.1 Å². The second-order valence-electron chi connectivity index (χ2n) is 4.45. The van der Waals surface area contributed by atoms with Crippen LogP contribution in [0.25, 0.3) is 0 Å². The minimum atomic E-state index is -0.832. The monoisotopic (exact) mass is 223 g/mol. The van der Waals surface area contributed by atoms with E-state index in [2.05, 4.69) is 32.0 Å². The van der Waals surface area contributed by atoms with Crippen molar-refractivity contribution in [3.63, 3.8) is 0 Å². The molecule has 0 aromatic heterocycles. The quantitative estimate of drug-likeness (QED) is 0.640. The lowest BCUT2D eigenvalue weighted by Gasteiger charge is -2.27. The van der Waals surface area contributed by atoms with Gasteiger partial charge < -0.3 is 10.0 Å². The molecule has 1 atom stereocenters. The first kappa shape index (κ1) is 15.1. The summed E-state index contributed by atoms with van der Waals surface area (Å²) in [6.45, 7) is 13.4. The first-order chi connectivity index (χ1) is 7.44. The van der Waals surface area contributed by atoms with Gasteiger partial charge in [-0.15, -0.1) is 0 Å². The highest BCUT2D eigenvalue weighted by molar-refractivity contribution is 5.26. The molecule has 1 N–H and O–H groups in total. The van der Waals surface area contributed by atoms with E-state index >= 15 is 0 Å². The molecule has 0 aromatic carbocycles. The van der Waals surface area contributed by atoms with Gasteiger partial charge in [0.2, 0.25) is 0 Å². The standard InChI is InChI=1S/C14H25NO/c1-6-8-9-13(3)14(4,16)10-12-15(5)11-7-2/h6,8-9,16H,1,3,7,10-12H2,2,4-5H3/b9-8-. The molecule has 0 amide bonds. The minimum Gasteiger partial charge on any atom is -0.385 e. The zero-order valence-electron chi connectivity index (χ0n) is 10.9. The summed E-state index contributed by atoms with van der Waals surface area (Å²) >= 11 is 0. The normalized spacial score (nSPS) is 15.3. The number of hydrogen-bond donors (Lipinski definition) is 1. The molecular weight excluding hydrogens is 198 g/mol. The first-order valence-electron chi connectivity index (χ1n) is 5.83. The van der Waals surface area contributed by atoms with Gasteiger partial charge in [0, 0.05) is 6.54 Å². The molecule has 0 aliphatic heterocycles. The molecular formula is C14H25NO. The number of hydrogen-bond acceptors (Lipinski definition) is 2. The molecule has 1 unspecified atom stereocenters. The number of rotatable bonds is 8. The predicted molar refractivity (Wildman–Crippen MR) is 71.5 cm³/mol. The van der Waals surface area contributed by atoms with Gasteiger partial charge in [0.1, 0.15) is 0 Å². The molecule has 2 heteroatoms. The summed E-state index contributed by atoms with van der Waals surface area (Å²) in [6.07, 6.45) is 7.13. The van der Waals surface area contributed by atoms with E-state index in [1.807, 2.05) is 13.0 Å². The SMILES string of the molecule is C=C/C=C\C(=C)C(C)(O)CCN(C)CCC. The average molecular weight is 223 g/mol. The number of allylic oxidation sites excluding steroid dienone is 2. The van der Waals surface area contributed by atoms with Crippen LogP contribution in [0.15, 0.2) is 37.0 Å². The van der Waals surface area contributed by atoms with Crippen LogP contribution < -0.4 is 0 Å². The van der Waals surface area contributed by atoms with Gasteiger partial charge in [-0.05, 0) is 38.9 Å². The van der Waals surface area contributed by atoms with Crippen LogP contribution in [0.3, 0.4) is 0 Å². The summed E-state index contributed by atoms with van der Waals surface area (Å²) in [5, 5.41) is 10.2. The Balaban J connectivity index is 4.17. The summed E-state index contributed by atoms with van der Waals surface area (Å²) in [4.78, 5) is 2.22. The highest BCUT2D eigenvalue weighted by Gasteiger charge is 2.22. The van der Waals surface area contributed by atoms with Gasteiger partial charge in [0.05, 0.1) is 5.60 Å². The minimum absolute atomic E-state index is 0.698. The van der Waals surface area contributed by atoms with Crippen LogP contribution in [-0.4, -0.2) is 35.7 Å². The lowest BCUT2D eigenvalue weighted by atomic mass is 9.93. The molecule has 0 heterocycles. The molecule has 0 saturated carbocycles. The van der Waals surface area contributed by atoms with E-state index in [1.165, 1.54) is 0 Å². The van der Waals surface area contributed by atoms with Gasteiger partial charge in [-0.3, -0.25) is 0 Å². The largest absolute Gasteiger partial charge is 0.385 e. The van der Waals surface area contributed by atoms with Crippen LogP contribution in [0.4, 0.5) is 0 Å². The molecule has 0 radical (unpaired) electrons. The van der Waals surface area contributed by atoms with Crippen molar-refractivity contribution in [3.8, 4) is 0 Å². The lowest BCUT2D eigenvalue weighted by Crippen LogP contribution is -2.32. The molecule has 0 rings (SSSR count). The molecule has 2 nitrogen and oxygen atoms in total. The third-order valence-corrected chi connectivity index (χ3v) is 2.71. The van der Waals surface area contributed by atoms with Gasteiger partial charge in [-0.2, -0.15) is 0 Å². The van der Waals surface area contributed by atoms with Gasteiger partial charge in [-0.25, -0.2) is 0 Å². The van der Waals surface area contributed by atoms with Gasteiger partial charge >= 0.3 is 0 Å². The third-order valence-electron chi connectivity index (χ3n) is 2.71. The Bertz CT molecular complexity index is 253. The average Bonchev–Trinajstić information content (AvgIpc) is 2.23. The van der Waals surface area contributed by atoms with Crippen LogP contribution in [0.5, 0.6) is 0 Å². The smallest absolute Gasteiger partial charge is 0.0875 e. The third kappa shape index (κ3) is 5.89. The number of aliphatic hydroxyl groups is 1. The van der Waals surface area contributed by atoms with Gasteiger partial charge in [0.15, 0.2) is 0 Å². The zero-order chi connectivity index (χ0) is 12.6. The molecule has 0 aliphatic rings. The van der Waals surface area contributed by atoms with Crippen molar-refractivity contribution < 1.29 is 5.11 Å². The van der Waals surface area contributed by atoms with Crippen molar-refractivity contribution in [1.82, 2.24) is 4.90 Å². The van der Waals surface area contributed by atoms with Crippen molar-refractivity contribution in [2.24, 2.45) is 0 Å². The molecule has 0 spiro atoms. The summed E-state index contributed by atoms with van der Waals surface area (Å²) in [5.74, 6) is 0. The zero-order valence-corrected chi connectivity index (χ0v) is 10.9. The summed E-state index contributed by atoms with van der Waals surface area (Å²) in [7, 11) is 2.07. The Kier molecular flexibility index (Phi) is 7.02. The van der Waals surface area contributed by atoms with Crippen LogP contribution in [0.1, 0.15) is 26.7 Å². The molecule has 0 fully saturated rings. The van der Waals surface area contributed by atoms with E-state index in [1.54, 1.807) is 12.2 Å². The Morgan fingerprint density at radius 3 is 2.56 bits per heavy atom. The van der Waals surface area contributed by atoms with Crippen molar-refractivity contribution in [1.29, 1.82) is 0 Å². The van der Waals surface area contributed by atoms with Gasteiger partial charge in [-0.1, -0.05) is 38.3 Å². The molecule has 0 aromatic rings. The van der Waals surface area contributed by atoms with Crippen LogP contribution >= 0.6 is 0 Å². The predicted octanol–water partition coefficient (Wildman–Crippen LogP) is 2.77. The van der Waals surface area contributed by atoms with Crippen molar-refractivity contribution in [3.05, 3.63) is 37.0 Å². The summed E-state index contributed by atoms with van der Waals surface area (Å²) in [5.41, 5.74) is -0.0982. The fourth-order valence-corrected chi connectivity index (χ4v) is 1.43. The van der Waals surface area contributed by atoms with E-state index in [4.69, 9.17) is 0 Å². The summed E-state index contributed by atoms with van der Waals surface area (Å²) in [6, 6.07) is 0. The van der Waals surface area contributed by atoms with E-state index in [0.29, 0.717) is 6.42 Å². The fraction of sp³-hybridized carbons (Fsp3) is 0.571. The van der Waals surface area contributed by atoms with Crippen LogP contribution in [-0.2, 0) is 0 Å². The van der Waals surface area contributed by atoms with Crippen molar-refractivity contribution in [2.75, 3.05) is 20.1 Å². The highest BCUT2D eigenvalue weighted by atomic mass is 16.3. The lowest BCUT2D eigenvalue weighted by molar-refractivity contribution is 0.0815. The van der Waals surface area contributed by atoms with E-state index in [-0.39, 0.29) is 0 Å². The summed E-state index contributed by atoms with van der Waals surface area (Å²) < 4.78 is 0. The maximum absolute atomic E-state index is 10.2. The Morgan fingerprint density at radius 2 is 2.06 bits per heavy atom. The molecule has 92 valence electrons. The topological polar surface area (TPSA) is 23.5 Å². The molecule has 16 heavy (non-hydrogen) atoms. The van der Waals surface area contributed by atoms with Crippen LogP contribution in [0, 0.1) is 0 Å². The van der Waals surface area contributed by atoms with Gasteiger partial charge in [0.25, 0.3) is 0 Å². The highest BCUT2D eigenvalue weighted by Crippen LogP contribution is 2.20. The Hall–Kier alpha value is -0.860. The maximum Gasteiger partial charge on any atom is 0.0875 e. The maximum atomic E-state index is 10.2. The van der Waals surface area contributed by atoms with Crippen molar-refractivity contribution in [2.45, 2.75) is 32.3 Å². The molecule has 0 aliphatic carbocycles. The van der Waals surface area contributed by atoms with E-state index < -0.39 is 5.60 Å². The Morgan fingerprint density at radius 1 is 1.44 bits per heavy atom. The number of nitrogens with zero attached hydrogens (tertiary/aromatic N) is 1. The Labute approximate surface area is 100.0 Å². The van der Waals surface area contributed by atoms with Crippen molar-refractivity contribution >= 4 is 0 Å². The fourth-order valence-electron chi connectivity index (χ4n) is 1.43. The first-order valence-corrected chi connectivity index (χ1v) is 5.83. The second kappa shape index (κ2) is 7.42.